The van der Waals surface area contributed by atoms with Gasteiger partial charge in [0.05, 0.1) is 11.0 Å². The summed E-state index contributed by atoms with van der Waals surface area (Å²) in [5.41, 5.74) is 7.68. The van der Waals surface area contributed by atoms with Gasteiger partial charge in [-0.05, 0) is 30.9 Å². The van der Waals surface area contributed by atoms with E-state index >= 15 is 0 Å². The molecule has 6 nitrogen and oxygen atoms in total. The van der Waals surface area contributed by atoms with E-state index in [0.717, 1.165) is 5.52 Å². The molecule has 0 aliphatic heterocycles. The Morgan fingerprint density at radius 2 is 2.11 bits per heavy atom. The molecule has 2 N–H and O–H groups in total. The summed E-state index contributed by atoms with van der Waals surface area (Å²) in [6.45, 7) is 0.675. The van der Waals surface area contributed by atoms with Gasteiger partial charge in [0.2, 0.25) is 5.65 Å². The van der Waals surface area contributed by atoms with Crippen LogP contribution in [-0.4, -0.2) is 19.2 Å². The summed E-state index contributed by atoms with van der Waals surface area (Å²) >= 11 is 0. The monoisotopic (exact) mass is 255 g/mol. The smallest absolute Gasteiger partial charge is 0.351 e. The van der Waals surface area contributed by atoms with Gasteiger partial charge in [0.25, 0.3) is 0 Å². The van der Waals surface area contributed by atoms with Crippen LogP contribution in [0.4, 0.5) is 5.82 Å². The highest BCUT2D eigenvalue weighted by Crippen LogP contribution is 2.30. The SMILES string of the molecule is Nc1nc2ccccc2n2c(=O)n(CC3CC3)nc12. The molecule has 1 aliphatic rings. The van der Waals surface area contributed by atoms with Gasteiger partial charge in [-0.2, -0.15) is 0 Å². The van der Waals surface area contributed by atoms with E-state index in [4.69, 9.17) is 5.73 Å². The molecule has 0 atom stereocenters. The van der Waals surface area contributed by atoms with Crippen LogP contribution in [0.2, 0.25) is 0 Å². The van der Waals surface area contributed by atoms with Crippen LogP contribution in [-0.2, 0) is 6.54 Å². The third-order valence-corrected chi connectivity index (χ3v) is 3.56. The van der Waals surface area contributed by atoms with E-state index in [1.165, 1.54) is 17.5 Å². The molecule has 1 aliphatic carbocycles. The zero-order valence-electron chi connectivity index (χ0n) is 10.3. The van der Waals surface area contributed by atoms with Crippen molar-refractivity contribution in [1.82, 2.24) is 19.2 Å². The Morgan fingerprint density at radius 1 is 1.32 bits per heavy atom. The van der Waals surface area contributed by atoms with Crippen LogP contribution in [0.3, 0.4) is 0 Å². The molecule has 2 heterocycles. The first kappa shape index (κ1) is 10.5. The first-order valence-electron chi connectivity index (χ1n) is 6.38. The van der Waals surface area contributed by atoms with Crippen LogP contribution < -0.4 is 11.4 Å². The second-order valence-corrected chi connectivity index (χ2v) is 5.05. The number of benzene rings is 1. The summed E-state index contributed by atoms with van der Waals surface area (Å²) in [5.74, 6) is 0.883. The Labute approximate surface area is 108 Å². The van der Waals surface area contributed by atoms with Crippen molar-refractivity contribution in [3.8, 4) is 0 Å². The Balaban J connectivity index is 2.09. The fourth-order valence-corrected chi connectivity index (χ4v) is 2.38. The topological polar surface area (TPSA) is 78.2 Å². The minimum absolute atomic E-state index is 0.132. The van der Waals surface area contributed by atoms with Crippen LogP contribution in [0.15, 0.2) is 29.1 Å². The number of aromatic nitrogens is 4. The molecule has 1 saturated carbocycles. The second-order valence-electron chi connectivity index (χ2n) is 5.05. The molecule has 1 aromatic carbocycles. The number of anilines is 1. The lowest BCUT2D eigenvalue weighted by Crippen LogP contribution is -2.22. The van der Waals surface area contributed by atoms with Gasteiger partial charge in [-0.15, -0.1) is 5.10 Å². The number of hydrogen-bond acceptors (Lipinski definition) is 4. The maximum absolute atomic E-state index is 12.4. The number of para-hydroxylation sites is 2. The van der Waals surface area contributed by atoms with Crippen molar-refractivity contribution >= 4 is 22.5 Å². The molecule has 2 aromatic heterocycles. The third-order valence-electron chi connectivity index (χ3n) is 3.56. The maximum atomic E-state index is 12.4. The first-order chi connectivity index (χ1) is 9.24. The largest absolute Gasteiger partial charge is 0.381 e. The molecule has 0 amide bonds. The fourth-order valence-electron chi connectivity index (χ4n) is 2.38. The van der Waals surface area contributed by atoms with E-state index in [-0.39, 0.29) is 5.69 Å². The molecule has 1 fully saturated rings. The molecule has 4 rings (SSSR count). The van der Waals surface area contributed by atoms with Gasteiger partial charge in [0, 0.05) is 6.54 Å². The van der Waals surface area contributed by atoms with E-state index in [2.05, 4.69) is 10.1 Å². The lowest BCUT2D eigenvalue weighted by molar-refractivity contribution is 0.546. The predicted octanol–water partition coefficient (Wildman–Crippen LogP) is 1.04. The number of nitrogens with zero attached hydrogens (tertiary/aromatic N) is 4. The molecule has 96 valence electrons. The van der Waals surface area contributed by atoms with Gasteiger partial charge in [-0.3, -0.25) is 0 Å². The Morgan fingerprint density at radius 3 is 2.89 bits per heavy atom. The van der Waals surface area contributed by atoms with E-state index in [1.54, 1.807) is 4.40 Å². The lowest BCUT2D eigenvalue weighted by Gasteiger charge is -2.01. The summed E-state index contributed by atoms with van der Waals surface area (Å²) in [6, 6.07) is 7.46. The molecule has 0 unspecified atom stereocenters. The molecule has 0 bridgehead atoms. The number of nitrogens with two attached hydrogens (primary N) is 1. The molecule has 0 saturated heterocycles. The van der Waals surface area contributed by atoms with Crippen molar-refractivity contribution in [3.05, 3.63) is 34.7 Å². The van der Waals surface area contributed by atoms with Crippen molar-refractivity contribution in [2.75, 3.05) is 5.73 Å². The van der Waals surface area contributed by atoms with Crippen molar-refractivity contribution in [3.63, 3.8) is 0 Å². The number of nitrogen functional groups attached to an aromatic ring is 1. The average Bonchev–Trinajstić information content (AvgIpc) is 3.15. The Kier molecular flexibility index (Phi) is 1.98. The van der Waals surface area contributed by atoms with Crippen LogP contribution >= 0.6 is 0 Å². The van der Waals surface area contributed by atoms with E-state index in [9.17, 15) is 4.79 Å². The minimum Gasteiger partial charge on any atom is -0.381 e. The molecular weight excluding hydrogens is 242 g/mol. The molecule has 6 heteroatoms. The summed E-state index contributed by atoms with van der Waals surface area (Å²) in [7, 11) is 0. The highest BCUT2D eigenvalue weighted by Gasteiger charge is 2.24. The van der Waals surface area contributed by atoms with Crippen molar-refractivity contribution in [2.24, 2.45) is 5.92 Å². The fraction of sp³-hybridized carbons (Fsp3) is 0.308. The van der Waals surface area contributed by atoms with Gasteiger partial charge in [0.1, 0.15) is 0 Å². The van der Waals surface area contributed by atoms with Gasteiger partial charge in [0.15, 0.2) is 5.82 Å². The lowest BCUT2D eigenvalue weighted by atomic mass is 10.3. The van der Waals surface area contributed by atoms with E-state index < -0.39 is 0 Å². The zero-order chi connectivity index (χ0) is 13.0. The van der Waals surface area contributed by atoms with Crippen molar-refractivity contribution < 1.29 is 0 Å². The van der Waals surface area contributed by atoms with Crippen LogP contribution in [0, 0.1) is 5.92 Å². The minimum atomic E-state index is -0.132. The summed E-state index contributed by atoms with van der Waals surface area (Å²) in [4.78, 5) is 16.7. The standard InChI is InChI=1S/C13H13N5O/c14-11-12-16-17(7-8-5-6-8)13(19)18(12)10-4-2-1-3-9(10)15-11/h1-4,8H,5-7H2,(H2,14,15). The third kappa shape index (κ3) is 1.53. The van der Waals surface area contributed by atoms with Crippen molar-refractivity contribution in [2.45, 2.75) is 19.4 Å². The highest BCUT2D eigenvalue weighted by molar-refractivity contribution is 5.81. The number of hydrogen-bond donors (Lipinski definition) is 1. The van der Waals surface area contributed by atoms with Gasteiger partial charge in [-0.25, -0.2) is 18.9 Å². The van der Waals surface area contributed by atoms with Gasteiger partial charge in [-0.1, -0.05) is 12.1 Å². The summed E-state index contributed by atoms with van der Waals surface area (Å²) in [6.07, 6.45) is 2.35. The number of rotatable bonds is 2. The van der Waals surface area contributed by atoms with Crippen molar-refractivity contribution in [1.29, 1.82) is 0 Å². The van der Waals surface area contributed by atoms with Crippen LogP contribution in [0.25, 0.3) is 16.7 Å². The van der Waals surface area contributed by atoms with E-state index in [1.807, 2.05) is 24.3 Å². The first-order valence-corrected chi connectivity index (χ1v) is 6.38. The Bertz CT molecular complexity index is 843. The average molecular weight is 255 g/mol. The van der Waals surface area contributed by atoms with E-state index in [0.29, 0.717) is 29.4 Å². The summed E-state index contributed by atoms with van der Waals surface area (Å²) in [5, 5.41) is 4.32. The number of fused-ring (bicyclic) bond motifs is 3. The quantitative estimate of drug-likeness (QED) is 0.742. The highest BCUT2D eigenvalue weighted by atomic mass is 16.2. The van der Waals surface area contributed by atoms with Gasteiger partial charge < -0.3 is 5.73 Å². The molecular formula is C13H13N5O. The Hall–Kier alpha value is -2.37. The predicted molar refractivity (Wildman–Crippen MR) is 71.9 cm³/mol. The van der Waals surface area contributed by atoms with Crippen LogP contribution in [0.1, 0.15) is 12.8 Å². The molecule has 0 spiro atoms. The zero-order valence-corrected chi connectivity index (χ0v) is 10.3. The summed E-state index contributed by atoms with van der Waals surface area (Å²) < 4.78 is 3.07. The normalized spacial score (nSPS) is 15.4. The molecule has 19 heavy (non-hydrogen) atoms. The molecule has 0 radical (unpaired) electrons. The maximum Gasteiger partial charge on any atom is 0.351 e. The van der Waals surface area contributed by atoms with Crippen LogP contribution in [0.5, 0.6) is 0 Å². The van der Waals surface area contributed by atoms with Gasteiger partial charge >= 0.3 is 5.69 Å². The molecule has 3 aromatic rings. The second kappa shape index (κ2) is 3.57.